The van der Waals surface area contributed by atoms with Gasteiger partial charge in [-0.05, 0) is 30.7 Å². The molecule has 4 nitrogen and oxygen atoms in total. The van der Waals surface area contributed by atoms with Crippen LogP contribution in [0.1, 0.15) is 23.7 Å². The van der Waals surface area contributed by atoms with Gasteiger partial charge in [-0.1, -0.05) is 6.92 Å². The lowest BCUT2D eigenvalue weighted by molar-refractivity contribution is 0.0790. The third kappa shape index (κ3) is 2.89. The highest BCUT2D eigenvalue weighted by Gasteiger charge is 2.26. The summed E-state index contributed by atoms with van der Waals surface area (Å²) in [5.41, 5.74) is 7.10. The van der Waals surface area contributed by atoms with Crippen LogP contribution in [0.4, 0.5) is 5.69 Å². The molecule has 0 saturated carbocycles. The number of carbonyl (C=O) groups is 1. The van der Waals surface area contributed by atoms with E-state index in [1.165, 1.54) is 0 Å². The van der Waals surface area contributed by atoms with Gasteiger partial charge in [-0.15, -0.1) is 0 Å². The second-order valence-electron chi connectivity index (χ2n) is 4.70. The number of carbonyl (C=O) groups excluding carboxylic acids is 1. The summed E-state index contributed by atoms with van der Waals surface area (Å²) < 4.78 is 0. The fourth-order valence-corrected chi connectivity index (χ4v) is 2.44. The number of hydrogen-bond acceptors (Lipinski definition) is 4. The first kappa shape index (κ1) is 13.1. The van der Waals surface area contributed by atoms with Crippen LogP contribution in [-0.4, -0.2) is 42.9 Å². The molecule has 0 bridgehead atoms. The van der Waals surface area contributed by atoms with E-state index in [1.807, 2.05) is 12.1 Å². The number of nitrogens with two attached hydrogens (primary N) is 1. The normalized spacial score (nSPS) is 18.5. The van der Waals surface area contributed by atoms with Crippen molar-refractivity contribution in [3.05, 3.63) is 29.8 Å². The van der Waals surface area contributed by atoms with Crippen molar-refractivity contribution in [2.45, 2.75) is 19.4 Å². The lowest BCUT2D eigenvalue weighted by atomic mass is 10.00. The highest BCUT2D eigenvalue weighted by Crippen LogP contribution is 2.14. The number of rotatable bonds is 4. The van der Waals surface area contributed by atoms with Crippen LogP contribution >= 0.6 is 0 Å². The van der Waals surface area contributed by atoms with Crippen LogP contribution in [-0.2, 0) is 0 Å². The average molecular weight is 247 g/mol. The van der Waals surface area contributed by atoms with Gasteiger partial charge in [-0.2, -0.15) is 0 Å². The lowest BCUT2D eigenvalue weighted by Gasteiger charge is -2.33. The van der Waals surface area contributed by atoms with Gasteiger partial charge in [-0.25, -0.2) is 0 Å². The first-order valence-corrected chi connectivity index (χ1v) is 6.57. The van der Waals surface area contributed by atoms with E-state index >= 15 is 0 Å². The van der Waals surface area contributed by atoms with Crippen LogP contribution in [0.3, 0.4) is 0 Å². The van der Waals surface area contributed by atoms with Crippen molar-refractivity contribution >= 4 is 11.5 Å². The Morgan fingerprint density at radius 3 is 2.50 bits per heavy atom. The minimum absolute atomic E-state index is 0.00396. The number of piperazine rings is 1. The molecule has 0 aromatic heterocycles. The highest BCUT2D eigenvalue weighted by molar-refractivity contribution is 6.00. The molecule has 98 valence electrons. The standard InChI is InChI=1S/C14H21N3O/c1-2-13(17-9-7-16-8-10-17)14(18)11-3-5-12(15)6-4-11/h3-6,13,16H,2,7-10,15H2,1H3. The molecule has 3 N–H and O–H groups in total. The van der Waals surface area contributed by atoms with E-state index < -0.39 is 0 Å². The van der Waals surface area contributed by atoms with Crippen LogP contribution in [0, 0.1) is 0 Å². The molecule has 18 heavy (non-hydrogen) atoms. The Balaban J connectivity index is 2.11. The molecular weight excluding hydrogens is 226 g/mol. The van der Waals surface area contributed by atoms with Crippen molar-refractivity contribution in [1.82, 2.24) is 10.2 Å². The molecular formula is C14H21N3O. The molecule has 0 spiro atoms. The summed E-state index contributed by atoms with van der Waals surface area (Å²) in [6.07, 6.45) is 0.850. The van der Waals surface area contributed by atoms with E-state index in [4.69, 9.17) is 5.73 Å². The molecule has 0 radical (unpaired) electrons. The zero-order chi connectivity index (χ0) is 13.0. The molecule has 1 saturated heterocycles. The van der Waals surface area contributed by atoms with Gasteiger partial charge in [0.15, 0.2) is 5.78 Å². The monoisotopic (exact) mass is 247 g/mol. The average Bonchev–Trinajstić information content (AvgIpc) is 2.41. The summed E-state index contributed by atoms with van der Waals surface area (Å²) in [4.78, 5) is 14.8. The summed E-state index contributed by atoms with van der Waals surface area (Å²) in [6.45, 7) is 5.89. The van der Waals surface area contributed by atoms with Crippen molar-refractivity contribution in [2.24, 2.45) is 0 Å². The molecule has 1 fully saturated rings. The molecule has 1 aromatic carbocycles. The third-order valence-electron chi connectivity index (χ3n) is 3.48. The number of anilines is 1. The minimum atomic E-state index is -0.00396. The summed E-state index contributed by atoms with van der Waals surface area (Å²) >= 11 is 0. The number of nitrogens with one attached hydrogen (secondary N) is 1. The van der Waals surface area contributed by atoms with E-state index in [1.54, 1.807) is 12.1 Å². The summed E-state index contributed by atoms with van der Waals surface area (Å²) in [7, 11) is 0. The van der Waals surface area contributed by atoms with Gasteiger partial charge < -0.3 is 11.1 Å². The fourth-order valence-electron chi connectivity index (χ4n) is 2.44. The Hall–Kier alpha value is -1.39. The molecule has 1 atom stereocenters. The fraction of sp³-hybridized carbons (Fsp3) is 0.500. The SMILES string of the molecule is CCC(C(=O)c1ccc(N)cc1)N1CCNCC1. The number of benzene rings is 1. The predicted octanol–water partition coefficient (Wildman–Crippen LogP) is 1.14. The summed E-state index contributed by atoms with van der Waals surface area (Å²) in [5.74, 6) is 0.208. The van der Waals surface area contributed by atoms with Gasteiger partial charge in [0.1, 0.15) is 0 Å². The van der Waals surface area contributed by atoms with Crippen LogP contribution in [0.15, 0.2) is 24.3 Å². The van der Waals surface area contributed by atoms with E-state index in [9.17, 15) is 4.79 Å². The maximum atomic E-state index is 12.5. The van der Waals surface area contributed by atoms with Crippen LogP contribution < -0.4 is 11.1 Å². The van der Waals surface area contributed by atoms with Crippen molar-refractivity contribution in [3.8, 4) is 0 Å². The first-order chi connectivity index (χ1) is 8.72. The number of Topliss-reactive ketones (excluding diaryl/α,β-unsaturated/α-hetero) is 1. The molecule has 4 heteroatoms. The summed E-state index contributed by atoms with van der Waals surface area (Å²) in [6, 6.07) is 7.22. The maximum Gasteiger partial charge on any atom is 0.179 e. The van der Waals surface area contributed by atoms with E-state index in [0.717, 1.165) is 38.2 Å². The molecule has 0 aliphatic carbocycles. The highest BCUT2D eigenvalue weighted by atomic mass is 16.1. The second-order valence-corrected chi connectivity index (χ2v) is 4.70. The van der Waals surface area contributed by atoms with Gasteiger partial charge in [-0.3, -0.25) is 9.69 Å². The molecule has 2 rings (SSSR count). The number of nitrogens with zero attached hydrogens (tertiary/aromatic N) is 1. The first-order valence-electron chi connectivity index (χ1n) is 6.57. The number of ketones is 1. The Labute approximate surface area is 108 Å². The van der Waals surface area contributed by atoms with E-state index in [-0.39, 0.29) is 11.8 Å². The van der Waals surface area contributed by atoms with Crippen molar-refractivity contribution in [2.75, 3.05) is 31.9 Å². The molecule has 1 unspecified atom stereocenters. The van der Waals surface area contributed by atoms with Crippen molar-refractivity contribution in [1.29, 1.82) is 0 Å². The van der Waals surface area contributed by atoms with E-state index in [2.05, 4.69) is 17.1 Å². The summed E-state index contributed by atoms with van der Waals surface area (Å²) in [5, 5.41) is 3.31. The maximum absolute atomic E-state index is 12.5. The lowest BCUT2D eigenvalue weighted by Crippen LogP contribution is -2.51. The number of hydrogen-bond donors (Lipinski definition) is 2. The predicted molar refractivity (Wildman–Crippen MR) is 73.7 cm³/mol. The zero-order valence-corrected chi connectivity index (χ0v) is 10.9. The Morgan fingerprint density at radius 1 is 1.33 bits per heavy atom. The number of nitrogen functional groups attached to an aromatic ring is 1. The minimum Gasteiger partial charge on any atom is -0.399 e. The van der Waals surface area contributed by atoms with E-state index in [0.29, 0.717) is 5.69 Å². The van der Waals surface area contributed by atoms with Gasteiger partial charge in [0, 0.05) is 37.4 Å². The molecule has 1 heterocycles. The van der Waals surface area contributed by atoms with Crippen LogP contribution in [0.2, 0.25) is 0 Å². The second kappa shape index (κ2) is 5.98. The van der Waals surface area contributed by atoms with Crippen LogP contribution in [0.25, 0.3) is 0 Å². The topological polar surface area (TPSA) is 58.4 Å². The van der Waals surface area contributed by atoms with Crippen LogP contribution in [0.5, 0.6) is 0 Å². The smallest absolute Gasteiger partial charge is 0.179 e. The Bertz CT molecular complexity index is 396. The quantitative estimate of drug-likeness (QED) is 0.618. The molecule has 1 aromatic rings. The molecule has 1 aliphatic rings. The van der Waals surface area contributed by atoms with Gasteiger partial charge in [0.25, 0.3) is 0 Å². The van der Waals surface area contributed by atoms with Crippen molar-refractivity contribution < 1.29 is 4.79 Å². The van der Waals surface area contributed by atoms with Crippen molar-refractivity contribution in [3.63, 3.8) is 0 Å². The molecule has 1 aliphatic heterocycles. The zero-order valence-electron chi connectivity index (χ0n) is 10.9. The molecule has 0 amide bonds. The Morgan fingerprint density at radius 2 is 1.94 bits per heavy atom. The van der Waals surface area contributed by atoms with Gasteiger partial charge in [0.2, 0.25) is 0 Å². The third-order valence-corrected chi connectivity index (χ3v) is 3.48. The van der Waals surface area contributed by atoms with Gasteiger partial charge >= 0.3 is 0 Å². The van der Waals surface area contributed by atoms with Gasteiger partial charge in [0.05, 0.1) is 6.04 Å². The largest absolute Gasteiger partial charge is 0.399 e. The Kier molecular flexibility index (Phi) is 4.33.